The van der Waals surface area contributed by atoms with Crippen LogP contribution in [0.2, 0.25) is 5.02 Å². The Balaban J connectivity index is 1.58. The van der Waals surface area contributed by atoms with E-state index in [4.69, 9.17) is 25.8 Å². The fourth-order valence-electron chi connectivity index (χ4n) is 3.83. The number of benzene rings is 3. The fourth-order valence-corrected chi connectivity index (χ4v) is 3.96. The first-order chi connectivity index (χ1) is 17.0. The number of aldehydes is 1. The highest BCUT2D eigenvalue weighted by atomic mass is 35.5. The second-order valence-corrected chi connectivity index (χ2v) is 8.27. The Hall–Kier alpha value is -3.84. The highest BCUT2D eigenvalue weighted by molar-refractivity contribution is 6.30. The molecule has 0 saturated heterocycles. The summed E-state index contributed by atoms with van der Waals surface area (Å²) in [6.45, 7) is 1.98. The maximum Gasteiger partial charge on any atom is 0.281 e. The van der Waals surface area contributed by atoms with Crippen molar-refractivity contribution >= 4 is 29.5 Å². The van der Waals surface area contributed by atoms with Gasteiger partial charge in [0.05, 0.1) is 25.5 Å². The Bertz CT molecular complexity index is 1230. The van der Waals surface area contributed by atoms with Gasteiger partial charge >= 0.3 is 0 Å². The number of hydrogen-bond acceptors (Lipinski definition) is 6. The number of ether oxygens (including phenoxy) is 3. The molecule has 0 aromatic heterocycles. The standard InChI is InChI=1S/C27H25ClN2O5/c1-3-34-26-14-18(16-31)4-13-25(26)35-17-27(32)30-24(20-7-11-22(33-2)12-8-20)15-23(29-30)19-5-9-21(28)10-6-19/h4-14,16,24H,3,15,17H2,1-2H3. The van der Waals surface area contributed by atoms with Crippen LogP contribution in [0.15, 0.2) is 71.8 Å². The molecule has 3 aromatic carbocycles. The van der Waals surface area contributed by atoms with Crippen LogP contribution in [0, 0.1) is 0 Å². The van der Waals surface area contributed by atoms with Crippen LogP contribution in [0.3, 0.4) is 0 Å². The highest BCUT2D eigenvalue weighted by Crippen LogP contribution is 2.34. The molecule has 0 fully saturated rings. The molecule has 35 heavy (non-hydrogen) atoms. The van der Waals surface area contributed by atoms with Crippen LogP contribution >= 0.6 is 11.6 Å². The van der Waals surface area contributed by atoms with Crippen molar-refractivity contribution in [3.63, 3.8) is 0 Å². The molecule has 0 spiro atoms. The predicted octanol–water partition coefficient (Wildman–Crippen LogP) is 5.32. The molecule has 1 amide bonds. The average molecular weight is 493 g/mol. The maximum absolute atomic E-state index is 13.3. The summed E-state index contributed by atoms with van der Waals surface area (Å²) in [5.41, 5.74) is 3.06. The van der Waals surface area contributed by atoms with Gasteiger partial charge in [0.1, 0.15) is 12.0 Å². The summed E-state index contributed by atoms with van der Waals surface area (Å²) in [5.74, 6) is 1.21. The van der Waals surface area contributed by atoms with Gasteiger partial charge in [0.2, 0.25) is 0 Å². The van der Waals surface area contributed by atoms with Crippen molar-refractivity contribution < 1.29 is 23.8 Å². The predicted molar refractivity (Wildman–Crippen MR) is 134 cm³/mol. The van der Waals surface area contributed by atoms with E-state index in [-0.39, 0.29) is 18.6 Å². The molecule has 1 heterocycles. The smallest absolute Gasteiger partial charge is 0.281 e. The second kappa shape index (κ2) is 11.1. The van der Waals surface area contributed by atoms with E-state index in [9.17, 15) is 9.59 Å². The molecule has 1 aliphatic heterocycles. The number of amides is 1. The van der Waals surface area contributed by atoms with E-state index in [0.717, 1.165) is 28.9 Å². The number of carbonyl (C=O) groups excluding carboxylic acids is 2. The van der Waals surface area contributed by atoms with Crippen LogP contribution < -0.4 is 14.2 Å². The summed E-state index contributed by atoms with van der Waals surface area (Å²) in [4.78, 5) is 24.4. The van der Waals surface area contributed by atoms with E-state index >= 15 is 0 Å². The molecular formula is C27H25ClN2O5. The van der Waals surface area contributed by atoms with E-state index in [1.54, 1.807) is 37.4 Å². The molecule has 0 aliphatic carbocycles. The van der Waals surface area contributed by atoms with Crippen LogP contribution in [-0.4, -0.2) is 43.2 Å². The van der Waals surface area contributed by atoms with Crippen molar-refractivity contribution in [1.29, 1.82) is 0 Å². The number of rotatable bonds is 9. The van der Waals surface area contributed by atoms with Crippen LogP contribution in [-0.2, 0) is 4.79 Å². The Kier molecular flexibility index (Phi) is 7.67. The quantitative estimate of drug-likeness (QED) is 0.378. The van der Waals surface area contributed by atoms with Gasteiger partial charge < -0.3 is 14.2 Å². The van der Waals surface area contributed by atoms with Gasteiger partial charge in [-0.25, -0.2) is 5.01 Å². The van der Waals surface area contributed by atoms with Crippen LogP contribution in [0.4, 0.5) is 0 Å². The molecular weight excluding hydrogens is 468 g/mol. The number of hydrogen-bond donors (Lipinski definition) is 0. The van der Waals surface area contributed by atoms with Crippen molar-refractivity contribution in [3.8, 4) is 17.2 Å². The SMILES string of the molecule is CCOc1cc(C=O)ccc1OCC(=O)N1N=C(c2ccc(Cl)cc2)CC1c1ccc(OC)cc1. The Morgan fingerprint density at radius 2 is 1.80 bits per heavy atom. The van der Waals surface area contributed by atoms with Crippen molar-refractivity contribution in [3.05, 3.63) is 88.4 Å². The Morgan fingerprint density at radius 1 is 1.06 bits per heavy atom. The third-order valence-corrected chi connectivity index (χ3v) is 5.85. The monoisotopic (exact) mass is 492 g/mol. The zero-order valence-electron chi connectivity index (χ0n) is 19.4. The molecule has 8 heteroatoms. The summed E-state index contributed by atoms with van der Waals surface area (Å²) in [7, 11) is 1.61. The number of halogens is 1. The van der Waals surface area contributed by atoms with Crippen molar-refractivity contribution in [2.45, 2.75) is 19.4 Å². The summed E-state index contributed by atoms with van der Waals surface area (Å²) in [5, 5.41) is 6.75. The van der Waals surface area contributed by atoms with Gasteiger partial charge in [-0.15, -0.1) is 0 Å². The molecule has 0 saturated carbocycles. The van der Waals surface area contributed by atoms with Gasteiger partial charge in [-0.2, -0.15) is 5.10 Å². The van der Waals surface area contributed by atoms with E-state index < -0.39 is 0 Å². The lowest BCUT2D eigenvalue weighted by Gasteiger charge is -2.22. The molecule has 0 radical (unpaired) electrons. The van der Waals surface area contributed by atoms with Gasteiger partial charge in [-0.1, -0.05) is 35.9 Å². The Morgan fingerprint density at radius 3 is 2.46 bits per heavy atom. The van der Waals surface area contributed by atoms with E-state index in [1.165, 1.54) is 5.01 Å². The van der Waals surface area contributed by atoms with E-state index in [2.05, 4.69) is 5.10 Å². The normalized spacial score (nSPS) is 14.9. The van der Waals surface area contributed by atoms with Crippen molar-refractivity contribution in [2.24, 2.45) is 5.10 Å². The van der Waals surface area contributed by atoms with Gasteiger partial charge in [-0.3, -0.25) is 9.59 Å². The molecule has 1 atom stereocenters. The lowest BCUT2D eigenvalue weighted by molar-refractivity contribution is -0.135. The number of carbonyl (C=O) groups is 2. The summed E-state index contributed by atoms with van der Waals surface area (Å²) >= 11 is 6.04. The lowest BCUT2D eigenvalue weighted by Crippen LogP contribution is -2.31. The molecule has 180 valence electrons. The molecule has 7 nitrogen and oxygen atoms in total. The first kappa shape index (κ1) is 24.3. The van der Waals surface area contributed by atoms with Gasteiger partial charge in [-0.05, 0) is 60.5 Å². The molecule has 0 N–H and O–H groups in total. The minimum absolute atomic E-state index is 0.245. The minimum atomic E-state index is -0.309. The lowest BCUT2D eigenvalue weighted by atomic mass is 9.98. The first-order valence-electron chi connectivity index (χ1n) is 11.2. The Labute approximate surface area is 208 Å². The van der Waals surface area contributed by atoms with Crippen molar-refractivity contribution in [1.82, 2.24) is 5.01 Å². The van der Waals surface area contributed by atoms with Crippen LogP contribution in [0.5, 0.6) is 17.2 Å². The van der Waals surface area contributed by atoms with Gasteiger partial charge in [0.25, 0.3) is 5.91 Å². The zero-order chi connectivity index (χ0) is 24.8. The molecule has 1 aliphatic rings. The number of methoxy groups -OCH3 is 1. The zero-order valence-corrected chi connectivity index (χ0v) is 20.2. The molecule has 3 aromatic rings. The van der Waals surface area contributed by atoms with Crippen molar-refractivity contribution in [2.75, 3.05) is 20.3 Å². The third-order valence-electron chi connectivity index (χ3n) is 5.60. The van der Waals surface area contributed by atoms with Crippen LogP contribution in [0.1, 0.15) is 40.9 Å². The number of hydrazone groups is 1. The summed E-state index contributed by atoms with van der Waals surface area (Å²) in [6, 6.07) is 19.5. The van der Waals surface area contributed by atoms with E-state index in [1.807, 2.05) is 43.3 Å². The van der Waals surface area contributed by atoms with E-state index in [0.29, 0.717) is 35.1 Å². The summed E-state index contributed by atoms with van der Waals surface area (Å²) < 4.78 is 16.6. The first-order valence-corrected chi connectivity index (χ1v) is 11.5. The largest absolute Gasteiger partial charge is 0.497 e. The highest BCUT2D eigenvalue weighted by Gasteiger charge is 2.33. The van der Waals surface area contributed by atoms with Gasteiger partial charge in [0.15, 0.2) is 18.1 Å². The molecule has 0 bridgehead atoms. The van der Waals surface area contributed by atoms with Crippen LogP contribution in [0.25, 0.3) is 0 Å². The second-order valence-electron chi connectivity index (χ2n) is 7.83. The average Bonchev–Trinajstić information content (AvgIpc) is 3.34. The molecule has 1 unspecified atom stereocenters. The summed E-state index contributed by atoms with van der Waals surface area (Å²) in [6.07, 6.45) is 1.27. The van der Waals surface area contributed by atoms with Gasteiger partial charge in [0, 0.05) is 17.0 Å². The minimum Gasteiger partial charge on any atom is -0.497 e. The number of nitrogens with zero attached hydrogens (tertiary/aromatic N) is 2. The maximum atomic E-state index is 13.3. The topological polar surface area (TPSA) is 77.4 Å². The third kappa shape index (κ3) is 5.63. The molecule has 4 rings (SSSR count). The fraction of sp³-hybridized carbons (Fsp3) is 0.222.